The van der Waals surface area contributed by atoms with Gasteiger partial charge in [0.1, 0.15) is 0 Å². The summed E-state index contributed by atoms with van der Waals surface area (Å²) in [4.78, 5) is 2.57. The van der Waals surface area contributed by atoms with Crippen LogP contribution in [0.25, 0.3) is 22.4 Å². The number of anilines is 1. The smallest absolute Gasteiger partial charge is 0.0453 e. The first kappa shape index (κ1) is 23.7. The van der Waals surface area contributed by atoms with Crippen LogP contribution in [0.5, 0.6) is 0 Å². The van der Waals surface area contributed by atoms with Gasteiger partial charge >= 0.3 is 0 Å². The van der Waals surface area contributed by atoms with E-state index in [0.717, 1.165) is 38.6 Å². The van der Waals surface area contributed by atoms with Crippen molar-refractivity contribution in [2.75, 3.05) is 11.4 Å². The zero-order chi connectivity index (χ0) is 26.0. The molecule has 0 saturated heterocycles. The van der Waals surface area contributed by atoms with E-state index in [9.17, 15) is 0 Å². The van der Waals surface area contributed by atoms with Gasteiger partial charge in [-0.25, -0.2) is 0 Å². The Morgan fingerprint density at radius 1 is 0.641 bits per heavy atom. The lowest BCUT2D eigenvalue weighted by molar-refractivity contribution is 0.821. The molecule has 4 aromatic carbocycles. The molecule has 0 unspecified atom stereocenters. The Labute approximate surface area is 231 Å². The van der Waals surface area contributed by atoms with E-state index in [0.29, 0.717) is 0 Å². The fourth-order valence-electron chi connectivity index (χ4n) is 6.37. The largest absolute Gasteiger partial charge is 0.341 e. The molecule has 0 amide bonds. The molecule has 1 nitrogen and oxygen atoms in total. The average molecular weight is 504 g/mol. The second-order valence-electron chi connectivity index (χ2n) is 10.7. The highest BCUT2D eigenvalue weighted by molar-refractivity contribution is 5.91. The molecule has 0 spiro atoms. The van der Waals surface area contributed by atoms with Gasteiger partial charge in [0.25, 0.3) is 0 Å². The third kappa shape index (κ3) is 4.70. The number of aryl methyl sites for hydroxylation is 1. The molecule has 2 aliphatic carbocycles. The Balaban J connectivity index is 1.29. The third-order valence-electron chi connectivity index (χ3n) is 8.46. The molecular formula is C38H33N. The molecule has 190 valence electrons. The highest BCUT2D eigenvalue weighted by atomic mass is 15.1. The molecular weight excluding hydrogens is 470 g/mol. The second kappa shape index (κ2) is 10.4. The Kier molecular flexibility index (Phi) is 6.34. The van der Waals surface area contributed by atoms with E-state index in [4.69, 9.17) is 0 Å². The average Bonchev–Trinajstić information content (AvgIpc) is 3.10. The van der Waals surface area contributed by atoms with Crippen LogP contribution in [-0.4, -0.2) is 6.54 Å². The van der Waals surface area contributed by atoms with Crippen molar-refractivity contribution in [3.63, 3.8) is 0 Å². The summed E-state index contributed by atoms with van der Waals surface area (Å²) in [5.74, 6) is 0. The van der Waals surface area contributed by atoms with Gasteiger partial charge in [-0.2, -0.15) is 0 Å². The van der Waals surface area contributed by atoms with Gasteiger partial charge in [-0.3, -0.25) is 0 Å². The highest BCUT2D eigenvalue weighted by Crippen LogP contribution is 2.38. The molecule has 0 aromatic heterocycles. The monoisotopic (exact) mass is 503 g/mol. The molecule has 4 aromatic rings. The van der Waals surface area contributed by atoms with Crippen molar-refractivity contribution in [2.24, 2.45) is 0 Å². The maximum atomic E-state index is 2.57. The first-order chi connectivity index (χ1) is 19.3. The van der Waals surface area contributed by atoms with Crippen molar-refractivity contribution in [3.8, 4) is 0 Å². The maximum Gasteiger partial charge on any atom is 0.0453 e. The zero-order valence-electron chi connectivity index (χ0n) is 22.3. The van der Waals surface area contributed by atoms with Gasteiger partial charge < -0.3 is 4.90 Å². The van der Waals surface area contributed by atoms with Gasteiger partial charge in [0.05, 0.1) is 0 Å². The molecule has 1 heteroatoms. The summed E-state index contributed by atoms with van der Waals surface area (Å²) in [6, 6.07) is 33.1. The van der Waals surface area contributed by atoms with Gasteiger partial charge in [-0.05, 0) is 94.0 Å². The Morgan fingerprint density at radius 2 is 1.46 bits per heavy atom. The minimum atomic E-state index is 0.852. The summed E-state index contributed by atoms with van der Waals surface area (Å²) >= 11 is 0. The zero-order valence-corrected chi connectivity index (χ0v) is 22.3. The fourth-order valence-corrected chi connectivity index (χ4v) is 6.37. The number of allylic oxidation sites excluding steroid dienone is 8. The first-order valence-electron chi connectivity index (χ1n) is 14.2. The predicted molar refractivity (Wildman–Crippen MR) is 167 cm³/mol. The van der Waals surface area contributed by atoms with E-state index >= 15 is 0 Å². The normalized spacial score (nSPS) is 19.2. The molecule has 0 N–H and O–H groups in total. The lowest BCUT2D eigenvalue weighted by Crippen LogP contribution is -2.25. The number of rotatable bonds is 3. The quantitative estimate of drug-likeness (QED) is 0.269. The predicted octanol–water partition coefficient (Wildman–Crippen LogP) is 9.48. The van der Waals surface area contributed by atoms with Crippen molar-refractivity contribution >= 4 is 28.1 Å². The van der Waals surface area contributed by atoms with E-state index in [-0.39, 0.29) is 0 Å². The summed E-state index contributed by atoms with van der Waals surface area (Å²) in [6.45, 7) is 0.852. The maximum absolute atomic E-state index is 2.57. The number of hydrogen-bond acceptors (Lipinski definition) is 1. The summed E-state index contributed by atoms with van der Waals surface area (Å²) < 4.78 is 0. The van der Waals surface area contributed by atoms with Crippen LogP contribution in [0.3, 0.4) is 0 Å². The lowest BCUT2D eigenvalue weighted by Gasteiger charge is -2.31. The van der Waals surface area contributed by atoms with Crippen LogP contribution in [0.15, 0.2) is 138 Å². The first-order valence-corrected chi connectivity index (χ1v) is 14.2. The van der Waals surface area contributed by atoms with Gasteiger partial charge in [-0.1, -0.05) is 115 Å². The van der Waals surface area contributed by atoms with Crippen LogP contribution in [0.4, 0.5) is 5.69 Å². The molecule has 3 aliphatic rings. The minimum absolute atomic E-state index is 0.852. The summed E-state index contributed by atoms with van der Waals surface area (Å²) in [6.07, 6.45) is 19.6. The molecule has 39 heavy (non-hydrogen) atoms. The van der Waals surface area contributed by atoms with E-state index in [2.05, 4.69) is 132 Å². The lowest BCUT2D eigenvalue weighted by atomic mass is 9.85. The van der Waals surface area contributed by atoms with Crippen molar-refractivity contribution in [1.82, 2.24) is 0 Å². The summed E-state index contributed by atoms with van der Waals surface area (Å²) in [5.41, 5.74) is 12.6. The van der Waals surface area contributed by atoms with E-state index in [1.165, 1.54) is 61.1 Å². The fraction of sp³-hybridized carbons (Fsp3) is 0.158. The van der Waals surface area contributed by atoms with Crippen LogP contribution in [0.1, 0.15) is 41.5 Å². The van der Waals surface area contributed by atoms with Crippen molar-refractivity contribution in [2.45, 2.75) is 32.1 Å². The Bertz CT molecular complexity index is 1690. The highest BCUT2D eigenvalue weighted by Gasteiger charge is 2.21. The van der Waals surface area contributed by atoms with Crippen LogP contribution in [0.2, 0.25) is 0 Å². The van der Waals surface area contributed by atoms with Gasteiger partial charge in [0.15, 0.2) is 0 Å². The van der Waals surface area contributed by atoms with E-state index in [1.54, 1.807) is 0 Å². The van der Waals surface area contributed by atoms with Gasteiger partial charge in [0.2, 0.25) is 0 Å². The topological polar surface area (TPSA) is 3.24 Å². The molecule has 7 rings (SSSR count). The van der Waals surface area contributed by atoms with E-state index < -0.39 is 0 Å². The molecule has 0 radical (unpaired) electrons. The molecule has 0 fully saturated rings. The van der Waals surface area contributed by atoms with Gasteiger partial charge in [0, 0.05) is 17.9 Å². The van der Waals surface area contributed by atoms with Crippen LogP contribution in [-0.2, 0) is 12.8 Å². The van der Waals surface area contributed by atoms with Crippen LogP contribution < -0.4 is 4.90 Å². The standard InChI is InChI=1S/C38H33N/c1-2-9-28(10-3-1)30-14-8-16-37-36-15-7-6-12-32(36)21-24-38(37)39(26-25-30)35-22-19-31(20-23-35)34-18-17-29-11-4-5-13-33(29)27-34/h1-15,19,21-22,24-25,27H,16-18,20,23,26H2/b14-8-,30-25+. The number of nitrogens with zero attached hydrogens (tertiary/aromatic N) is 1. The van der Waals surface area contributed by atoms with Gasteiger partial charge in [-0.15, -0.1) is 0 Å². The Morgan fingerprint density at radius 3 is 2.36 bits per heavy atom. The summed E-state index contributed by atoms with van der Waals surface area (Å²) in [5, 5.41) is 2.66. The Hall–Kier alpha value is -4.36. The molecule has 0 bridgehead atoms. The molecule has 1 heterocycles. The number of hydrogen-bond donors (Lipinski definition) is 0. The van der Waals surface area contributed by atoms with E-state index in [1.807, 2.05) is 0 Å². The van der Waals surface area contributed by atoms with Crippen molar-refractivity contribution in [1.29, 1.82) is 0 Å². The number of fused-ring (bicyclic) bond motifs is 4. The molecule has 1 aliphatic heterocycles. The van der Waals surface area contributed by atoms with Crippen molar-refractivity contribution in [3.05, 3.63) is 160 Å². The molecule has 0 saturated carbocycles. The summed E-state index contributed by atoms with van der Waals surface area (Å²) in [7, 11) is 0. The minimum Gasteiger partial charge on any atom is -0.341 e. The number of benzene rings is 4. The third-order valence-corrected chi connectivity index (χ3v) is 8.46. The van der Waals surface area contributed by atoms with Crippen LogP contribution in [0, 0.1) is 0 Å². The molecule has 0 atom stereocenters. The van der Waals surface area contributed by atoms with Crippen LogP contribution >= 0.6 is 0 Å². The van der Waals surface area contributed by atoms with Crippen molar-refractivity contribution < 1.29 is 0 Å². The SMILES string of the molecule is C1=C(C2=Cc3ccccc3CC2)CCC(N2C/C=C(c3ccccc3)\C=C/Cc3c2ccc2ccccc32)=C1. The second-order valence-corrected chi connectivity index (χ2v) is 10.7.